The fourth-order valence-corrected chi connectivity index (χ4v) is 1.43. The van der Waals surface area contributed by atoms with Crippen molar-refractivity contribution in [1.29, 1.82) is 0 Å². The summed E-state index contributed by atoms with van der Waals surface area (Å²) >= 11 is 0. The van der Waals surface area contributed by atoms with Gasteiger partial charge in [-0.25, -0.2) is 0 Å². The minimum atomic E-state index is -0.452. The van der Waals surface area contributed by atoms with Crippen LogP contribution in [0.25, 0.3) is 0 Å². The summed E-state index contributed by atoms with van der Waals surface area (Å²) in [5.41, 5.74) is 1.10. The lowest BCUT2D eigenvalue weighted by Crippen LogP contribution is -2.00. The Labute approximate surface area is 90.8 Å². The van der Waals surface area contributed by atoms with Gasteiger partial charge in [-0.05, 0) is 13.8 Å². The van der Waals surface area contributed by atoms with Gasteiger partial charge in [0.25, 0.3) is 0 Å². The lowest BCUT2D eigenvalue weighted by Gasteiger charge is -1.93. The molecule has 0 aliphatic carbocycles. The van der Waals surface area contributed by atoms with Crippen LogP contribution in [0.1, 0.15) is 17.1 Å². The molecular weight excluding hydrogens is 212 g/mol. The Balaban J connectivity index is 2.22. The molecule has 0 N–H and O–H groups in total. The molecule has 0 aliphatic heterocycles. The van der Waals surface area contributed by atoms with Crippen molar-refractivity contribution >= 4 is 5.69 Å². The van der Waals surface area contributed by atoms with Crippen LogP contribution < -0.4 is 0 Å². The molecule has 2 heterocycles. The van der Waals surface area contributed by atoms with E-state index in [1.807, 2.05) is 0 Å². The van der Waals surface area contributed by atoms with Crippen LogP contribution in [-0.2, 0) is 6.54 Å². The normalized spacial score (nSPS) is 10.6. The summed E-state index contributed by atoms with van der Waals surface area (Å²) in [5.74, 6) is 0.702. The number of hydrogen-bond acceptors (Lipinski definition) is 5. The Morgan fingerprint density at radius 3 is 2.81 bits per heavy atom. The summed E-state index contributed by atoms with van der Waals surface area (Å²) in [6.45, 7) is 3.75. The first-order valence-electron chi connectivity index (χ1n) is 4.67. The smallest absolute Gasteiger partial charge is 0.309 e. The van der Waals surface area contributed by atoms with E-state index < -0.39 is 4.92 Å². The minimum absolute atomic E-state index is 0.0141. The standard InChI is InChI=1S/C9H10N4O3/c1-6-3-8(11-16-6)4-12-5-9(13(14)15)7(2)10-12/h3,5H,4H2,1-2H3. The molecule has 7 heteroatoms. The van der Waals surface area contributed by atoms with Crippen LogP contribution in [0.2, 0.25) is 0 Å². The average molecular weight is 222 g/mol. The Hall–Kier alpha value is -2.18. The summed E-state index contributed by atoms with van der Waals surface area (Å²) < 4.78 is 6.37. The zero-order valence-corrected chi connectivity index (χ0v) is 8.88. The molecule has 0 unspecified atom stereocenters. The predicted molar refractivity (Wildman–Crippen MR) is 54.0 cm³/mol. The van der Waals surface area contributed by atoms with Crippen molar-refractivity contribution in [2.75, 3.05) is 0 Å². The second-order valence-corrected chi connectivity index (χ2v) is 3.48. The van der Waals surface area contributed by atoms with Crippen molar-refractivity contribution in [3.63, 3.8) is 0 Å². The fraction of sp³-hybridized carbons (Fsp3) is 0.333. The van der Waals surface area contributed by atoms with E-state index in [4.69, 9.17) is 4.52 Å². The topological polar surface area (TPSA) is 87.0 Å². The summed E-state index contributed by atoms with van der Waals surface area (Å²) in [6.07, 6.45) is 1.39. The van der Waals surface area contributed by atoms with E-state index in [2.05, 4.69) is 10.3 Å². The van der Waals surface area contributed by atoms with Crippen molar-refractivity contribution in [2.45, 2.75) is 20.4 Å². The van der Waals surface area contributed by atoms with Crippen LogP contribution in [0.3, 0.4) is 0 Å². The van der Waals surface area contributed by atoms with E-state index in [0.29, 0.717) is 23.7 Å². The van der Waals surface area contributed by atoms with Crippen LogP contribution in [0.15, 0.2) is 16.8 Å². The summed E-state index contributed by atoms with van der Waals surface area (Å²) in [4.78, 5) is 10.2. The minimum Gasteiger partial charge on any atom is -0.361 e. The number of nitrogens with zero attached hydrogens (tertiary/aromatic N) is 4. The van der Waals surface area contributed by atoms with Crippen LogP contribution in [0, 0.1) is 24.0 Å². The molecule has 0 radical (unpaired) electrons. The van der Waals surface area contributed by atoms with Gasteiger partial charge in [-0.3, -0.25) is 14.8 Å². The van der Waals surface area contributed by atoms with E-state index in [0.717, 1.165) is 0 Å². The molecule has 2 rings (SSSR count). The Bertz CT molecular complexity index is 529. The van der Waals surface area contributed by atoms with Crippen molar-refractivity contribution in [3.8, 4) is 0 Å². The quantitative estimate of drug-likeness (QED) is 0.579. The molecule has 0 aromatic carbocycles. The maximum absolute atomic E-state index is 10.6. The first-order valence-corrected chi connectivity index (χ1v) is 4.67. The van der Waals surface area contributed by atoms with Gasteiger partial charge in [-0.1, -0.05) is 5.16 Å². The van der Waals surface area contributed by atoms with Gasteiger partial charge >= 0.3 is 5.69 Å². The largest absolute Gasteiger partial charge is 0.361 e. The van der Waals surface area contributed by atoms with Gasteiger partial charge in [-0.15, -0.1) is 0 Å². The second-order valence-electron chi connectivity index (χ2n) is 3.48. The van der Waals surface area contributed by atoms with E-state index in [1.54, 1.807) is 19.9 Å². The number of aryl methyl sites for hydroxylation is 2. The number of hydrogen-bond donors (Lipinski definition) is 0. The summed E-state index contributed by atoms with van der Waals surface area (Å²) in [7, 11) is 0. The van der Waals surface area contributed by atoms with Crippen LogP contribution >= 0.6 is 0 Å². The highest BCUT2D eigenvalue weighted by atomic mass is 16.6. The monoisotopic (exact) mass is 222 g/mol. The molecule has 0 saturated heterocycles. The zero-order valence-electron chi connectivity index (χ0n) is 8.88. The highest BCUT2D eigenvalue weighted by Gasteiger charge is 2.15. The molecule has 0 atom stereocenters. The maximum Gasteiger partial charge on any atom is 0.309 e. The molecule has 0 fully saturated rings. The SMILES string of the molecule is Cc1cc(Cn2cc([N+](=O)[O-])c(C)n2)no1. The fourth-order valence-electron chi connectivity index (χ4n) is 1.43. The van der Waals surface area contributed by atoms with Crippen molar-refractivity contribution in [3.05, 3.63) is 39.5 Å². The van der Waals surface area contributed by atoms with E-state index >= 15 is 0 Å². The van der Waals surface area contributed by atoms with Gasteiger partial charge in [-0.2, -0.15) is 5.10 Å². The van der Waals surface area contributed by atoms with E-state index in [1.165, 1.54) is 10.9 Å². The molecule has 16 heavy (non-hydrogen) atoms. The van der Waals surface area contributed by atoms with Gasteiger partial charge < -0.3 is 4.52 Å². The molecule has 0 saturated carbocycles. The number of aromatic nitrogens is 3. The number of rotatable bonds is 3. The molecule has 2 aromatic rings. The highest BCUT2D eigenvalue weighted by molar-refractivity contribution is 5.31. The zero-order chi connectivity index (χ0) is 11.7. The Kier molecular flexibility index (Phi) is 2.43. The van der Waals surface area contributed by atoms with Crippen molar-refractivity contribution in [1.82, 2.24) is 14.9 Å². The third-order valence-corrected chi connectivity index (χ3v) is 2.12. The van der Waals surface area contributed by atoms with Crippen LogP contribution in [0.4, 0.5) is 5.69 Å². The molecular formula is C9H10N4O3. The number of nitro groups is 1. The highest BCUT2D eigenvalue weighted by Crippen LogP contribution is 2.15. The lowest BCUT2D eigenvalue weighted by atomic mass is 10.4. The molecule has 84 valence electrons. The van der Waals surface area contributed by atoms with Crippen LogP contribution in [0.5, 0.6) is 0 Å². The summed E-state index contributed by atoms with van der Waals surface area (Å²) in [6, 6.07) is 1.77. The van der Waals surface area contributed by atoms with Gasteiger partial charge in [0, 0.05) is 6.07 Å². The van der Waals surface area contributed by atoms with Gasteiger partial charge in [0.05, 0.1) is 11.5 Å². The van der Waals surface area contributed by atoms with E-state index in [-0.39, 0.29) is 5.69 Å². The lowest BCUT2D eigenvalue weighted by molar-refractivity contribution is -0.385. The third kappa shape index (κ3) is 1.92. The molecule has 0 aliphatic rings. The molecule has 0 bridgehead atoms. The Morgan fingerprint density at radius 2 is 2.31 bits per heavy atom. The molecule has 2 aromatic heterocycles. The predicted octanol–water partition coefficient (Wildman–Crippen LogP) is 1.44. The molecule has 0 amide bonds. The van der Waals surface area contributed by atoms with Crippen molar-refractivity contribution in [2.24, 2.45) is 0 Å². The van der Waals surface area contributed by atoms with Crippen molar-refractivity contribution < 1.29 is 9.45 Å². The summed E-state index contributed by atoms with van der Waals surface area (Å²) in [5, 5.41) is 18.4. The first kappa shape index (κ1) is 10.3. The maximum atomic E-state index is 10.6. The third-order valence-electron chi connectivity index (χ3n) is 2.12. The van der Waals surface area contributed by atoms with Gasteiger partial charge in [0.1, 0.15) is 23.3 Å². The average Bonchev–Trinajstić information content (AvgIpc) is 2.73. The Morgan fingerprint density at radius 1 is 1.56 bits per heavy atom. The molecule has 7 nitrogen and oxygen atoms in total. The van der Waals surface area contributed by atoms with Gasteiger partial charge in [0.15, 0.2) is 0 Å². The second kappa shape index (κ2) is 3.76. The van der Waals surface area contributed by atoms with Gasteiger partial charge in [0.2, 0.25) is 0 Å². The van der Waals surface area contributed by atoms with Crippen LogP contribution in [-0.4, -0.2) is 19.9 Å². The molecule has 0 spiro atoms. The van der Waals surface area contributed by atoms with E-state index in [9.17, 15) is 10.1 Å². The first-order chi connectivity index (χ1) is 7.56.